The number of benzene rings is 1. The van der Waals surface area contributed by atoms with Gasteiger partial charge in [-0.05, 0) is 24.0 Å². The molecule has 3 rings (SSSR count). The summed E-state index contributed by atoms with van der Waals surface area (Å²) in [5.74, 6) is 0.352. The zero-order valence-corrected chi connectivity index (χ0v) is 10.9. The molecule has 0 amide bonds. The summed E-state index contributed by atoms with van der Waals surface area (Å²) in [6.45, 7) is 0. The minimum Gasteiger partial charge on any atom is -0.502 e. The van der Waals surface area contributed by atoms with E-state index < -0.39 is 0 Å². The summed E-state index contributed by atoms with van der Waals surface area (Å²) < 4.78 is 5.30. The highest BCUT2D eigenvalue weighted by molar-refractivity contribution is 5.81. The van der Waals surface area contributed by atoms with Gasteiger partial charge in [0.1, 0.15) is 11.8 Å². The minimum atomic E-state index is -0.312. The molecule has 19 heavy (non-hydrogen) atoms. The number of fused-ring (bicyclic) bond motifs is 1. The van der Waals surface area contributed by atoms with Crippen molar-refractivity contribution in [3.63, 3.8) is 0 Å². The molecule has 0 atom stereocenters. The Kier molecular flexibility index (Phi) is 3.28. The molecular weight excluding hydrogens is 240 g/mol. The first-order chi connectivity index (χ1) is 9.25. The molecule has 1 aromatic carbocycles. The van der Waals surface area contributed by atoms with Crippen molar-refractivity contribution in [3.8, 4) is 5.75 Å². The number of aromatic hydroxyl groups is 1. The first kappa shape index (κ1) is 12.3. The van der Waals surface area contributed by atoms with Crippen LogP contribution < -0.4 is 5.43 Å². The second-order valence-electron chi connectivity index (χ2n) is 5.45. The first-order valence-corrected chi connectivity index (χ1v) is 6.98. The highest BCUT2D eigenvalue weighted by Gasteiger charge is 2.17. The summed E-state index contributed by atoms with van der Waals surface area (Å²) in [4.78, 5) is 12.1. The Hall–Kier alpha value is -1.77. The zero-order chi connectivity index (χ0) is 13.2. The van der Waals surface area contributed by atoms with Crippen molar-refractivity contribution < 1.29 is 9.52 Å². The first-order valence-electron chi connectivity index (χ1n) is 6.98. The quantitative estimate of drug-likeness (QED) is 0.895. The number of rotatable bonds is 2. The zero-order valence-electron chi connectivity index (χ0n) is 10.9. The maximum atomic E-state index is 12.1. The van der Waals surface area contributed by atoms with Crippen molar-refractivity contribution >= 4 is 11.0 Å². The van der Waals surface area contributed by atoms with Crippen LogP contribution in [0.3, 0.4) is 0 Å². The van der Waals surface area contributed by atoms with Crippen molar-refractivity contribution in [2.24, 2.45) is 5.92 Å². The molecule has 3 heteroatoms. The fourth-order valence-corrected chi connectivity index (χ4v) is 3.11. The predicted molar refractivity (Wildman–Crippen MR) is 74.4 cm³/mol. The number of hydrogen-bond donors (Lipinski definition) is 1. The molecule has 0 spiro atoms. The molecule has 1 saturated carbocycles. The molecule has 0 aliphatic heterocycles. The SMILES string of the molecule is O=c1c(O)coc2cccc(CC3CCCCC3)c12. The molecule has 1 N–H and O–H groups in total. The second-order valence-corrected chi connectivity index (χ2v) is 5.45. The van der Waals surface area contributed by atoms with Gasteiger partial charge in [-0.2, -0.15) is 0 Å². The highest BCUT2D eigenvalue weighted by atomic mass is 16.3. The topological polar surface area (TPSA) is 50.4 Å². The molecule has 0 unspecified atom stereocenters. The van der Waals surface area contributed by atoms with Gasteiger partial charge in [0.05, 0.1) is 5.39 Å². The molecule has 1 heterocycles. The number of hydrogen-bond acceptors (Lipinski definition) is 3. The fourth-order valence-electron chi connectivity index (χ4n) is 3.11. The van der Waals surface area contributed by atoms with Gasteiger partial charge < -0.3 is 9.52 Å². The Morgan fingerprint density at radius 1 is 1.21 bits per heavy atom. The van der Waals surface area contributed by atoms with E-state index in [2.05, 4.69) is 0 Å². The molecule has 1 aliphatic carbocycles. The van der Waals surface area contributed by atoms with E-state index in [4.69, 9.17) is 4.42 Å². The van der Waals surface area contributed by atoms with Gasteiger partial charge >= 0.3 is 0 Å². The van der Waals surface area contributed by atoms with Crippen LogP contribution >= 0.6 is 0 Å². The maximum absolute atomic E-state index is 12.1. The summed E-state index contributed by atoms with van der Waals surface area (Å²) in [5, 5.41) is 10.1. The third-order valence-electron chi connectivity index (χ3n) is 4.10. The van der Waals surface area contributed by atoms with Gasteiger partial charge in [0.25, 0.3) is 0 Å². The highest BCUT2D eigenvalue weighted by Crippen LogP contribution is 2.29. The molecule has 1 aliphatic rings. The molecule has 1 fully saturated rings. The summed E-state index contributed by atoms with van der Waals surface area (Å²) in [6, 6.07) is 5.67. The van der Waals surface area contributed by atoms with E-state index in [0.29, 0.717) is 16.9 Å². The Bertz CT molecular complexity index is 636. The van der Waals surface area contributed by atoms with Crippen LogP contribution in [0.15, 0.2) is 33.7 Å². The van der Waals surface area contributed by atoms with Crippen LogP contribution in [-0.4, -0.2) is 5.11 Å². The van der Waals surface area contributed by atoms with Gasteiger partial charge in [0.15, 0.2) is 5.75 Å². The molecule has 0 radical (unpaired) electrons. The summed E-state index contributed by atoms with van der Waals surface area (Å²) in [7, 11) is 0. The summed E-state index contributed by atoms with van der Waals surface area (Å²) in [5.41, 5.74) is 1.26. The lowest BCUT2D eigenvalue weighted by molar-refractivity contribution is 0.357. The van der Waals surface area contributed by atoms with E-state index in [1.165, 1.54) is 32.1 Å². The van der Waals surface area contributed by atoms with Crippen molar-refractivity contribution in [2.75, 3.05) is 0 Å². The van der Waals surface area contributed by atoms with Gasteiger partial charge in [-0.1, -0.05) is 44.2 Å². The fraction of sp³-hybridized carbons (Fsp3) is 0.438. The molecule has 0 saturated heterocycles. The Morgan fingerprint density at radius 2 is 2.00 bits per heavy atom. The summed E-state index contributed by atoms with van der Waals surface area (Å²) in [6.07, 6.45) is 8.40. The van der Waals surface area contributed by atoms with E-state index >= 15 is 0 Å². The van der Waals surface area contributed by atoms with Crippen LogP contribution in [0.1, 0.15) is 37.7 Å². The lowest BCUT2D eigenvalue weighted by atomic mass is 9.84. The van der Waals surface area contributed by atoms with Crippen LogP contribution in [0.2, 0.25) is 0 Å². The molecule has 100 valence electrons. The van der Waals surface area contributed by atoms with Crippen molar-refractivity contribution in [3.05, 3.63) is 40.2 Å². The lowest BCUT2D eigenvalue weighted by Gasteiger charge is -2.21. The van der Waals surface area contributed by atoms with E-state index in [0.717, 1.165) is 18.2 Å². The van der Waals surface area contributed by atoms with Crippen LogP contribution in [0.5, 0.6) is 5.75 Å². The van der Waals surface area contributed by atoms with Crippen molar-refractivity contribution in [2.45, 2.75) is 38.5 Å². The van der Waals surface area contributed by atoms with E-state index in [1.807, 2.05) is 12.1 Å². The lowest BCUT2D eigenvalue weighted by Crippen LogP contribution is -2.11. The van der Waals surface area contributed by atoms with Crippen LogP contribution in [0.4, 0.5) is 0 Å². The third kappa shape index (κ3) is 2.37. The average Bonchev–Trinajstić information content (AvgIpc) is 2.44. The molecule has 0 bridgehead atoms. The molecular formula is C16H18O3. The van der Waals surface area contributed by atoms with Crippen LogP contribution in [-0.2, 0) is 6.42 Å². The maximum Gasteiger partial charge on any atom is 0.234 e. The predicted octanol–water partition coefficient (Wildman–Crippen LogP) is 3.62. The normalized spacial score (nSPS) is 16.8. The van der Waals surface area contributed by atoms with Gasteiger partial charge in [-0.25, -0.2) is 0 Å². The van der Waals surface area contributed by atoms with Crippen LogP contribution in [0.25, 0.3) is 11.0 Å². The largest absolute Gasteiger partial charge is 0.502 e. The molecule has 3 nitrogen and oxygen atoms in total. The van der Waals surface area contributed by atoms with Crippen molar-refractivity contribution in [1.29, 1.82) is 0 Å². The Labute approximate surface area is 111 Å². The smallest absolute Gasteiger partial charge is 0.234 e. The van der Waals surface area contributed by atoms with E-state index in [-0.39, 0.29) is 11.2 Å². The standard InChI is InChI=1S/C16H18O3/c17-13-10-19-14-8-4-7-12(15(14)16(13)18)9-11-5-2-1-3-6-11/h4,7-8,10-11,17H,1-3,5-6,9H2. The van der Waals surface area contributed by atoms with Gasteiger partial charge in [0.2, 0.25) is 5.43 Å². The Balaban J connectivity index is 2.02. The van der Waals surface area contributed by atoms with E-state index in [1.54, 1.807) is 6.07 Å². The third-order valence-corrected chi connectivity index (χ3v) is 4.10. The summed E-state index contributed by atoms with van der Waals surface area (Å²) >= 11 is 0. The van der Waals surface area contributed by atoms with Gasteiger partial charge in [0, 0.05) is 0 Å². The van der Waals surface area contributed by atoms with E-state index in [9.17, 15) is 9.90 Å². The van der Waals surface area contributed by atoms with Crippen LogP contribution in [0, 0.1) is 5.92 Å². The van der Waals surface area contributed by atoms with Gasteiger partial charge in [-0.3, -0.25) is 4.79 Å². The molecule has 2 aromatic rings. The van der Waals surface area contributed by atoms with Crippen molar-refractivity contribution in [1.82, 2.24) is 0 Å². The average molecular weight is 258 g/mol. The van der Waals surface area contributed by atoms with Gasteiger partial charge in [-0.15, -0.1) is 0 Å². The monoisotopic (exact) mass is 258 g/mol. The minimum absolute atomic E-state index is 0.302. The second kappa shape index (κ2) is 5.08. The Morgan fingerprint density at radius 3 is 2.79 bits per heavy atom. The molecule has 1 aromatic heterocycles.